The van der Waals surface area contributed by atoms with Crippen molar-refractivity contribution in [1.29, 1.82) is 0 Å². The first-order chi connectivity index (χ1) is 8.25. The SMILES string of the molecule is CN(C)C[C@@H]1COCCN1Cc1ccccc1. The molecule has 1 atom stereocenters. The van der Waals surface area contributed by atoms with Crippen molar-refractivity contribution in [1.82, 2.24) is 9.80 Å². The molecule has 1 saturated heterocycles. The molecule has 0 unspecified atom stereocenters. The van der Waals surface area contributed by atoms with E-state index < -0.39 is 0 Å². The third-order valence-electron chi connectivity index (χ3n) is 3.15. The molecule has 0 amide bonds. The first kappa shape index (κ1) is 12.6. The predicted molar refractivity (Wildman–Crippen MR) is 70.0 cm³/mol. The summed E-state index contributed by atoms with van der Waals surface area (Å²) in [6.07, 6.45) is 0. The molecule has 1 fully saturated rings. The van der Waals surface area contributed by atoms with Gasteiger partial charge in [-0.2, -0.15) is 0 Å². The van der Waals surface area contributed by atoms with Gasteiger partial charge in [-0.05, 0) is 19.7 Å². The Labute approximate surface area is 104 Å². The topological polar surface area (TPSA) is 15.7 Å². The summed E-state index contributed by atoms with van der Waals surface area (Å²) in [5.74, 6) is 0. The van der Waals surface area contributed by atoms with E-state index >= 15 is 0 Å². The van der Waals surface area contributed by atoms with Crippen molar-refractivity contribution in [3.05, 3.63) is 35.9 Å². The van der Waals surface area contributed by atoms with Crippen LogP contribution in [-0.2, 0) is 11.3 Å². The molecule has 1 aliphatic heterocycles. The zero-order valence-corrected chi connectivity index (χ0v) is 10.8. The highest BCUT2D eigenvalue weighted by atomic mass is 16.5. The van der Waals surface area contributed by atoms with Crippen molar-refractivity contribution in [2.24, 2.45) is 0 Å². The van der Waals surface area contributed by atoms with Crippen LogP contribution in [0.4, 0.5) is 0 Å². The minimum absolute atomic E-state index is 0.513. The predicted octanol–water partition coefficient (Wildman–Crippen LogP) is 1.45. The minimum atomic E-state index is 0.513. The average Bonchev–Trinajstić information content (AvgIpc) is 2.32. The van der Waals surface area contributed by atoms with Crippen LogP contribution >= 0.6 is 0 Å². The number of morpholine rings is 1. The van der Waals surface area contributed by atoms with Gasteiger partial charge in [0.2, 0.25) is 0 Å². The lowest BCUT2D eigenvalue weighted by molar-refractivity contribution is -0.0194. The molecule has 0 aromatic heterocycles. The van der Waals surface area contributed by atoms with Crippen LogP contribution in [0.1, 0.15) is 5.56 Å². The molecule has 1 aromatic carbocycles. The molecular weight excluding hydrogens is 212 g/mol. The third kappa shape index (κ3) is 3.80. The van der Waals surface area contributed by atoms with Crippen LogP contribution in [0.3, 0.4) is 0 Å². The number of benzene rings is 1. The summed E-state index contributed by atoms with van der Waals surface area (Å²) in [6.45, 7) is 4.84. The summed E-state index contributed by atoms with van der Waals surface area (Å²) in [4.78, 5) is 4.76. The van der Waals surface area contributed by atoms with Crippen LogP contribution < -0.4 is 0 Å². The van der Waals surface area contributed by atoms with Crippen molar-refractivity contribution in [2.75, 3.05) is 40.4 Å². The van der Waals surface area contributed by atoms with Crippen LogP contribution in [0.5, 0.6) is 0 Å². The summed E-state index contributed by atoms with van der Waals surface area (Å²) in [5, 5.41) is 0. The fourth-order valence-corrected chi connectivity index (χ4v) is 2.30. The molecule has 0 saturated carbocycles. The maximum absolute atomic E-state index is 5.58. The van der Waals surface area contributed by atoms with Crippen molar-refractivity contribution < 1.29 is 4.74 Å². The normalized spacial score (nSPS) is 21.9. The van der Waals surface area contributed by atoms with E-state index in [1.54, 1.807) is 0 Å². The van der Waals surface area contributed by atoms with Crippen molar-refractivity contribution >= 4 is 0 Å². The van der Waals surface area contributed by atoms with E-state index in [1.807, 2.05) is 0 Å². The summed E-state index contributed by atoms with van der Waals surface area (Å²) in [7, 11) is 4.24. The number of rotatable bonds is 4. The largest absolute Gasteiger partial charge is 0.378 e. The molecule has 2 rings (SSSR count). The van der Waals surface area contributed by atoms with E-state index in [0.717, 1.165) is 32.8 Å². The third-order valence-corrected chi connectivity index (χ3v) is 3.15. The standard InChI is InChI=1S/C14H22N2O/c1-15(2)11-14-12-17-9-8-16(14)10-13-6-4-3-5-7-13/h3-7,14H,8-12H2,1-2H3/t14-/m1/s1. The highest BCUT2D eigenvalue weighted by Crippen LogP contribution is 2.12. The quantitative estimate of drug-likeness (QED) is 0.784. The second kappa shape index (κ2) is 6.15. The van der Waals surface area contributed by atoms with E-state index in [1.165, 1.54) is 5.56 Å². The molecule has 3 nitrogen and oxygen atoms in total. The number of hydrogen-bond donors (Lipinski definition) is 0. The van der Waals surface area contributed by atoms with Gasteiger partial charge in [0.15, 0.2) is 0 Å². The molecule has 0 N–H and O–H groups in total. The van der Waals surface area contributed by atoms with Crippen LogP contribution in [-0.4, -0.2) is 56.2 Å². The molecule has 0 bridgehead atoms. The highest BCUT2D eigenvalue weighted by molar-refractivity contribution is 5.14. The maximum Gasteiger partial charge on any atom is 0.0635 e. The molecule has 1 heterocycles. The van der Waals surface area contributed by atoms with E-state index in [-0.39, 0.29) is 0 Å². The lowest BCUT2D eigenvalue weighted by Gasteiger charge is -2.37. The van der Waals surface area contributed by atoms with Gasteiger partial charge >= 0.3 is 0 Å². The Hall–Kier alpha value is -0.900. The van der Waals surface area contributed by atoms with Gasteiger partial charge in [0.25, 0.3) is 0 Å². The van der Waals surface area contributed by atoms with E-state index in [0.29, 0.717) is 6.04 Å². The van der Waals surface area contributed by atoms with Gasteiger partial charge in [-0.25, -0.2) is 0 Å². The lowest BCUT2D eigenvalue weighted by Crippen LogP contribution is -2.49. The van der Waals surface area contributed by atoms with Crippen LogP contribution in [0.15, 0.2) is 30.3 Å². The summed E-state index contributed by atoms with van der Waals surface area (Å²) in [6, 6.07) is 11.2. The number of likely N-dealkylation sites (N-methyl/N-ethyl adjacent to an activating group) is 1. The Morgan fingerprint density at radius 3 is 2.76 bits per heavy atom. The Balaban J connectivity index is 1.96. The molecule has 1 aliphatic rings. The Morgan fingerprint density at radius 2 is 2.06 bits per heavy atom. The number of hydrogen-bond acceptors (Lipinski definition) is 3. The Morgan fingerprint density at radius 1 is 1.29 bits per heavy atom. The highest BCUT2D eigenvalue weighted by Gasteiger charge is 2.23. The van der Waals surface area contributed by atoms with E-state index in [2.05, 4.69) is 54.2 Å². The van der Waals surface area contributed by atoms with Crippen LogP contribution in [0, 0.1) is 0 Å². The zero-order chi connectivity index (χ0) is 12.1. The molecule has 0 aliphatic carbocycles. The van der Waals surface area contributed by atoms with Gasteiger partial charge < -0.3 is 9.64 Å². The second-order valence-electron chi connectivity index (χ2n) is 4.95. The van der Waals surface area contributed by atoms with Crippen LogP contribution in [0.25, 0.3) is 0 Å². The van der Waals surface area contributed by atoms with Crippen molar-refractivity contribution in [2.45, 2.75) is 12.6 Å². The number of nitrogens with zero attached hydrogens (tertiary/aromatic N) is 2. The Kier molecular flexibility index (Phi) is 4.54. The fraction of sp³-hybridized carbons (Fsp3) is 0.571. The molecule has 0 spiro atoms. The second-order valence-corrected chi connectivity index (χ2v) is 4.95. The van der Waals surface area contributed by atoms with Gasteiger partial charge in [-0.1, -0.05) is 30.3 Å². The van der Waals surface area contributed by atoms with E-state index in [4.69, 9.17) is 4.74 Å². The van der Waals surface area contributed by atoms with Crippen molar-refractivity contribution in [3.8, 4) is 0 Å². The first-order valence-electron chi connectivity index (χ1n) is 6.26. The Bertz CT molecular complexity index is 326. The monoisotopic (exact) mass is 234 g/mol. The summed E-state index contributed by atoms with van der Waals surface area (Å²) in [5.41, 5.74) is 1.39. The summed E-state index contributed by atoms with van der Waals surface area (Å²) < 4.78 is 5.58. The maximum atomic E-state index is 5.58. The van der Waals surface area contributed by atoms with Gasteiger partial charge in [0, 0.05) is 25.7 Å². The fourth-order valence-electron chi connectivity index (χ4n) is 2.30. The van der Waals surface area contributed by atoms with Gasteiger partial charge in [0.1, 0.15) is 0 Å². The van der Waals surface area contributed by atoms with Crippen molar-refractivity contribution in [3.63, 3.8) is 0 Å². The molecule has 3 heteroatoms. The lowest BCUT2D eigenvalue weighted by atomic mass is 10.1. The first-order valence-corrected chi connectivity index (χ1v) is 6.26. The molecule has 94 valence electrons. The smallest absolute Gasteiger partial charge is 0.0635 e. The van der Waals surface area contributed by atoms with Gasteiger partial charge in [0.05, 0.1) is 13.2 Å². The van der Waals surface area contributed by atoms with Gasteiger partial charge in [-0.15, -0.1) is 0 Å². The van der Waals surface area contributed by atoms with Gasteiger partial charge in [-0.3, -0.25) is 4.90 Å². The zero-order valence-electron chi connectivity index (χ0n) is 10.8. The summed E-state index contributed by atoms with van der Waals surface area (Å²) >= 11 is 0. The average molecular weight is 234 g/mol. The van der Waals surface area contributed by atoms with E-state index in [9.17, 15) is 0 Å². The number of ether oxygens (including phenoxy) is 1. The molecule has 1 aromatic rings. The molecule has 0 radical (unpaired) electrons. The molecular formula is C14H22N2O. The van der Waals surface area contributed by atoms with Crippen LogP contribution in [0.2, 0.25) is 0 Å². The minimum Gasteiger partial charge on any atom is -0.378 e. The molecule has 17 heavy (non-hydrogen) atoms.